The lowest BCUT2D eigenvalue weighted by Crippen LogP contribution is -2.11. The van der Waals surface area contributed by atoms with Crippen LogP contribution in [0, 0.1) is 0 Å². The Labute approximate surface area is 158 Å². The van der Waals surface area contributed by atoms with Crippen LogP contribution >= 0.6 is 11.3 Å². The maximum absolute atomic E-state index is 4.80. The third kappa shape index (κ3) is 3.34. The summed E-state index contributed by atoms with van der Waals surface area (Å²) in [5.41, 5.74) is 6.76. The zero-order valence-electron chi connectivity index (χ0n) is 15.7. The molecule has 0 spiro atoms. The van der Waals surface area contributed by atoms with E-state index >= 15 is 0 Å². The molecule has 3 nitrogen and oxygen atoms in total. The standard InChI is InChI=1S/C22H23N3S/c1-14(15-5-7-19-20(11-15)26-13-24-19)9-21-23-12-16-10-17(22(2,3)4)6-8-18(16)25-21/h5-8,10-14H,9H2,1-4H3. The summed E-state index contributed by atoms with van der Waals surface area (Å²) in [6.07, 6.45) is 2.80. The Balaban J connectivity index is 1.60. The molecule has 4 heteroatoms. The number of aromatic nitrogens is 3. The van der Waals surface area contributed by atoms with E-state index in [0.29, 0.717) is 5.92 Å². The van der Waals surface area contributed by atoms with Crippen LogP contribution in [0.5, 0.6) is 0 Å². The zero-order valence-corrected chi connectivity index (χ0v) is 16.5. The summed E-state index contributed by atoms with van der Waals surface area (Å²) in [7, 11) is 0. The van der Waals surface area contributed by atoms with Gasteiger partial charge in [0.05, 0.1) is 21.2 Å². The van der Waals surface area contributed by atoms with Crippen molar-refractivity contribution in [2.24, 2.45) is 0 Å². The highest BCUT2D eigenvalue weighted by molar-refractivity contribution is 7.16. The molecule has 0 aliphatic rings. The van der Waals surface area contributed by atoms with Crippen LogP contribution in [0.15, 0.2) is 48.1 Å². The van der Waals surface area contributed by atoms with E-state index in [1.165, 1.54) is 15.8 Å². The summed E-state index contributed by atoms with van der Waals surface area (Å²) in [6.45, 7) is 8.92. The highest BCUT2D eigenvalue weighted by Gasteiger charge is 2.15. The smallest absolute Gasteiger partial charge is 0.129 e. The Morgan fingerprint density at radius 2 is 1.81 bits per heavy atom. The number of fused-ring (bicyclic) bond motifs is 2. The molecule has 132 valence electrons. The van der Waals surface area contributed by atoms with Crippen molar-refractivity contribution in [3.8, 4) is 0 Å². The maximum atomic E-state index is 4.80. The molecule has 0 saturated heterocycles. The van der Waals surface area contributed by atoms with E-state index in [0.717, 1.165) is 28.7 Å². The highest BCUT2D eigenvalue weighted by Crippen LogP contribution is 2.27. The molecule has 2 aromatic carbocycles. The molecule has 0 fully saturated rings. The predicted octanol–water partition coefficient (Wildman–Crippen LogP) is 5.88. The summed E-state index contributed by atoms with van der Waals surface area (Å²) >= 11 is 1.69. The largest absolute Gasteiger partial charge is 0.245 e. The Kier molecular flexibility index (Phi) is 4.23. The van der Waals surface area contributed by atoms with Gasteiger partial charge in [0.1, 0.15) is 5.82 Å². The number of thiazole rings is 1. The van der Waals surface area contributed by atoms with Crippen molar-refractivity contribution in [2.45, 2.75) is 45.4 Å². The van der Waals surface area contributed by atoms with Gasteiger partial charge in [-0.1, -0.05) is 39.8 Å². The molecule has 4 aromatic rings. The van der Waals surface area contributed by atoms with Crippen molar-refractivity contribution in [3.63, 3.8) is 0 Å². The zero-order chi connectivity index (χ0) is 18.3. The summed E-state index contributed by atoms with van der Waals surface area (Å²) < 4.78 is 1.24. The van der Waals surface area contributed by atoms with Gasteiger partial charge in [-0.2, -0.15) is 0 Å². The van der Waals surface area contributed by atoms with Crippen LogP contribution in [0.1, 0.15) is 50.6 Å². The SMILES string of the molecule is CC(Cc1ncc2cc(C(C)(C)C)ccc2n1)c1ccc2ncsc2c1. The van der Waals surface area contributed by atoms with Crippen LogP contribution < -0.4 is 0 Å². The second kappa shape index (κ2) is 6.44. The van der Waals surface area contributed by atoms with Crippen LogP contribution in [0.3, 0.4) is 0 Å². The summed E-state index contributed by atoms with van der Waals surface area (Å²) in [5.74, 6) is 1.27. The molecule has 0 aliphatic carbocycles. The van der Waals surface area contributed by atoms with E-state index in [1.807, 2.05) is 11.7 Å². The van der Waals surface area contributed by atoms with E-state index in [2.05, 4.69) is 74.1 Å². The molecule has 0 saturated carbocycles. The first kappa shape index (κ1) is 17.1. The average Bonchev–Trinajstić information content (AvgIpc) is 3.08. The normalized spacial score (nSPS) is 13.4. The molecule has 0 radical (unpaired) electrons. The number of benzene rings is 2. The van der Waals surface area contributed by atoms with Crippen LogP contribution in [0.2, 0.25) is 0 Å². The van der Waals surface area contributed by atoms with E-state index in [1.54, 1.807) is 11.3 Å². The lowest BCUT2D eigenvalue weighted by Gasteiger charge is -2.19. The van der Waals surface area contributed by atoms with E-state index < -0.39 is 0 Å². The first-order chi connectivity index (χ1) is 12.4. The van der Waals surface area contributed by atoms with E-state index in [9.17, 15) is 0 Å². The predicted molar refractivity (Wildman–Crippen MR) is 110 cm³/mol. The van der Waals surface area contributed by atoms with Gasteiger partial charge >= 0.3 is 0 Å². The van der Waals surface area contributed by atoms with Gasteiger partial charge in [-0.3, -0.25) is 0 Å². The van der Waals surface area contributed by atoms with Gasteiger partial charge in [-0.25, -0.2) is 15.0 Å². The molecule has 26 heavy (non-hydrogen) atoms. The van der Waals surface area contributed by atoms with Crippen molar-refractivity contribution < 1.29 is 0 Å². The average molecular weight is 362 g/mol. The minimum Gasteiger partial charge on any atom is -0.245 e. The van der Waals surface area contributed by atoms with Crippen LogP contribution in [-0.2, 0) is 11.8 Å². The quantitative estimate of drug-likeness (QED) is 0.457. The molecule has 1 atom stereocenters. The fraction of sp³-hybridized carbons (Fsp3) is 0.318. The highest BCUT2D eigenvalue weighted by atomic mass is 32.1. The molecule has 2 aromatic heterocycles. The number of hydrogen-bond acceptors (Lipinski definition) is 4. The lowest BCUT2D eigenvalue weighted by atomic mass is 9.86. The first-order valence-electron chi connectivity index (χ1n) is 8.99. The molecule has 1 unspecified atom stereocenters. The maximum Gasteiger partial charge on any atom is 0.129 e. The first-order valence-corrected chi connectivity index (χ1v) is 9.87. The topological polar surface area (TPSA) is 38.7 Å². The third-order valence-electron chi connectivity index (χ3n) is 4.91. The molecular weight excluding hydrogens is 338 g/mol. The molecule has 0 bridgehead atoms. The van der Waals surface area contributed by atoms with Crippen LogP contribution in [0.25, 0.3) is 21.1 Å². The fourth-order valence-electron chi connectivity index (χ4n) is 3.21. The molecule has 0 amide bonds. The Hall–Kier alpha value is -2.33. The third-order valence-corrected chi connectivity index (χ3v) is 5.70. The lowest BCUT2D eigenvalue weighted by molar-refractivity contribution is 0.591. The van der Waals surface area contributed by atoms with E-state index in [4.69, 9.17) is 4.98 Å². The Bertz CT molecular complexity index is 1080. The van der Waals surface area contributed by atoms with Crippen molar-refractivity contribution >= 4 is 32.5 Å². The van der Waals surface area contributed by atoms with Gasteiger partial charge in [0.15, 0.2) is 0 Å². The van der Waals surface area contributed by atoms with Crippen LogP contribution in [-0.4, -0.2) is 15.0 Å². The van der Waals surface area contributed by atoms with Gasteiger partial charge in [0.2, 0.25) is 0 Å². The van der Waals surface area contributed by atoms with Crippen molar-refractivity contribution in [3.05, 3.63) is 65.1 Å². The summed E-state index contributed by atoms with van der Waals surface area (Å²) in [5, 5.41) is 1.11. The molecule has 4 rings (SSSR count). The van der Waals surface area contributed by atoms with Gasteiger partial charge in [0, 0.05) is 18.0 Å². The van der Waals surface area contributed by atoms with Crippen molar-refractivity contribution in [1.29, 1.82) is 0 Å². The molecule has 2 heterocycles. The Morgan fingerprint density at radius 3 is 2.62 bits per heavy atom. The molecular formula is C22H23N3S. The minimum atomic E-state index is 0.136. The van der Waals surface area contributed by atoms with E-state index in [-0.39, 0.29) is 5.41 Å². The summed E-state index contributed by atoms with van der Waals surface area (Å²) in [6, 6.07) is 13.0. The number of nitrogens with zero attached hydrogens (tertiary/aromatic N) is 3. The minimum absolute atomic E-state index is 0.136. The van der Waals surface area contributed by atoms with Crippen molar-refractivity contribution in [1.82, 2.24) is 15.0 Å². The number of rotatable bonds is 3. The van der Waals surface area contributed by atoms with Gasteiger partial charge in [0.25, 0.3) is 0 Å². The van der Waals surface area contributed by atoms with Gasteiger partial charge < -0.3 is 0 Å². The Morgan fingerprint density at radius 1 is 1.00 bits per heavy atom. The van der Waals surface area contributed by atoms with Crippen molar-refractivity contribution in [2.75, 3.05) is 0 Å². The number of hydrogen-bond donors (Lipinski definition) is 0. The monoisotopic (exact) mass is 361 g/mol. The van der Waals surface area contributed by atoms with Crippen LogP contribution in [0.4, 0.5) is 0 Å². The van der Waals surface area contributed by atoms with Gasteiger partial charge in [-0.05, 0) is 46.7 Å². The van der Waals surface area contributed by atoms with Gasteiger partial charge in [-0.15, -0.1) is 11.3 Å². The fourth-order valence-corrected chi connectivity index (χ4v) is 3.93. The molecule has 0 N–H and O–H groups in total. The molecule has 0 aliphatic heterocycles. The second-order valence-electron chi connectivity index (χ2n) is 7.99. The second-order valence-corrected chi connectivity index (χ2v) is 8.88. The summed E-state index contributed by atoms with van der Waals surface area (Å²) in [4.78, 5) is 13.8.